The van der Waals surface area contributed by atoms with Crippen molar-refractivity contribution in [3.05, 3.63) is 71.3 Å². The van der Waals surface area contributed by atoms with Crippen LogP contribution in [0.1, 0.15) is 30.3 Å². The van der Waals surface area contributed by atoms with Crippen LogP contribution in [-0.4, -0.2) is 11.7 Å². The summed E-state index contributed by atoms with van der Waals surface area (Å²) >= 11 is 0. The van der Waals surface area contributed by atoms with E-state index in [9.17, 15) is 13.9 Å². The van der Waals surface area contributed by atoms with Crippen molar-refractivity contribution in [1.82, 2.24) is 0 Å². The van der Waals surface area contributed by atoms with Gasteiger partial charge in [0.15, 0.2) is 0 Å². The van der Waals surface area contributed by atoms with Gasteiger partial charge in [-0.25, -0.2) is 8.78 Å². The van der Waals surface area contributed by atoms with Crippen LogP contribution in [0.25, 0.3) is 0 Å². The Hall–Kier alpha value is -1.78. The molecule has 2 unspecified atom stereocenters. The summed E-state index contributed by atoms with van der Waals surface area (Å²) in [7, 11) is 0. The Morgan fingerprint density at radius 2 is 1.80 bits per heavy atom. The summed E-state index contributed by atoms with van der Waals surface area (Å²) in [6.45, 7) is 2.14. The van der Waals surface area contributed by atoms with Gasteiger partial charge < -0.3 is 9.84 Å². The van der Waals surface area contributed by atoms with Gasteiger partial charge in [-0.2, -0.15) is 0 Å². The van der Waals surface area contributed by atoms with Crippen LogP contribution in [0.2, 0.25) is 0 Å². The van der Waals surface area contributed by atoms with E-state index in [1.165, 1.54) is 0 Å². The highest BCUT2D eigenvalue weighted by Crippen LogP contribution is 2.33. The summed E-state index contributed by atoms with van der Waals surface area (Å²) in [6, 6.07) is 12.0. The van der Waals surface area contributed by atoms with Crippen LogP contribution >= 0.6 is 0 Å². The van der Waals surface area contributed by atoms with Crippen LogP contribution in [0.4, 0.5) is 8.78 Å². The van der Waals surface area contributed by atoms with Crippen molar-refractivity contribution in [2.45, 2.75) is 19.1 Å². The quantitative estimate of drug-likeness (QED) is 0.902. The molecule has 1 N–H and O–H groups in total. The van der Waals surface area contributed by atoms with Gasteiger partial charge in [-0.05, 0) is 30.7 Å². The van der Waals surface area contributed by atoms with Crippen LogP contribution in [-0.2, 0) is 4.74 Å². The number of hydrogen-bond donors (Lipinski definition) is 1. The lowest BCUT2D eigenvalue weighted by atomic mass is 9.97. The third-order valence-electron chi connectivity index (χ3n) is 3.04. The lowest BCUT2D eigenvalue weighted by Crippen LogP contribution is -2.16. The second-order valence-corrected chi connectivity index (χ2v) is 4.40. The molecule has 106 valence electrons. The first kappa shape index (κ1) is 14.6. The monoisotopic (exact) mass is 278 g/mol. The van der Waals surface area contributed by atoms with E-state index in [1.54, 1.807) is 31.2 Å². The lowest BCUT2D eigenvalue weighted by molar-refractivity contribution is -0.0376. The maximum atomic E-state index is 13.8. The predicted octanol–water partition coefficient (Wildman–Crippen LogP) is 3.78. The van der Waals surface area contributed by atoms with Gasteiger partial charge in [0.2, 0.25) is 0 Å². The molecule has 0 heterocycles. The summed E-state index contributed by atoms with van der Waals surface area (Å²) < 4.78 is 32.5. The van der Waals surface area contributed by atoms with Crippen LogP contribution in [0.5, 0.6) is 0 Å². The van der Waals surface area contributed by atoms with E-state index in [0.717, 1.165) is 18.2 Å². The Balaban J connectivity index is 2.36. The molecule has 2 rings (SSSR count). The lowest BCUT2D eigenvalue weighted by Gasteiger charge is -2.24. The SMILES string of the molecule is CCOC(c1ccccc1)C(O)c1cc(F)ccc1F. The maximum absolute atomic E-state index is 13.8. The zero-order valence-electron chi connectivity index (χ0n) is 11.1. The fourth-order valence-corrected chi connectivity index (χ4v) is 2.10. The number of ether oxygens (including phenoxy) is 1. The molecule has 0 aliphatic carbocycles. The Bertz CT molecular complexity index is 558. The minimum absolute atomic E-state index is 0.104. The molecule has 0 radical (unpaired) electrons. The van der Waals surface area contributed by atoms with Crippen molar-refractivity contribution in [3.8, 4) is 0 Å². The van der Waals surface area contributed by atoms with Gasteiger partial charge in [-0.15, -0.1) is 0 Å². The van der Waals surface area contributed by atoms with E-state index in [0.29, 0.717) is 12.2 Å². The maximum Gasteiger partial charge on any atom is 0.129 e. The van der Waals surface area contributed by atoms with E-state index in [1.807, 2.05) is 6.07 Å². The summed E-state index contributed by atoms with van der Waals surface area (Å²) in [5.41, 5.74) is 0.609. The van der Waals surface area contributed by atoms with Gasteiger partial charge in [0.25, 0.3) is 0 Å². The zero-order valence-corrected chi connectivity index (χ0v) is 11.1. The fraction of sp³-hybridized carbons (Fsp3) is 0.250. The Labute approximate surface area is 116 Å². The minimum Gasteiger partial charge on any atom is -0.385 e. The van der Waals surface area contributed by atoms with Gasteiger partial charge in [0, 0.05) is 12.2 Å². The fourth-order valence-electron chi connectivity index (χ4n) is 2.10. The smallest absolute Gasteiger partial charge is 0.129 e. The number of hydrogen-bond acceptors (Lipinski definition) is 2. The highest BCUT2D eigenvalue weighted by Gasteiger charge is 2.26. The largest absolute Gasteiger partial charge is 0.385 e. The Morgan fingerprint density at radius 1 is 1.10 bits per heavy atom. The van der Waals surface area contributed by atoms with E-state index >= 15 is 0 Å². The average molecular weight is 278 g/mol. The van der Waals surface area contributed by atoms with E-state index < -0.39 is 23.8 Å². The first-order valence-electron chi connectivity index (χ1n) is 6.43. The first-order chi connectivity index (χ1) is 9.63. The molecule has 2 nitrogen and oxygen atoms in total. The molecule has 0 saturated heterocycles. The Morgan fingerprint density at radius 3 is 2.45 bits per heavy atom. The topological polar surface area (TPSA) is 29.5 Å². The van der Waals surface area contributed by atoms with Crippen LogP contribution in [0.15, 0.2) is 48.5 Å². The third-order valence-corrected chi connectivity index (χ3v) is 3.04. The van der Waals surface area contributed by atoms with Crippen LogP contribution in [0, 0.1) is 11.6 Å². The van der Waals surface area contributed by atoms with Gasteiger partial charge in [-0.3, -0.25) is 0 Å². The van der Waals surface area contributed by atoms with Crippen LogP contribution < -0.4 is 0 Å². The highest BCUT2D eigenvalue weighted by molar-refractivity contribution is 5.26. The summed E-state index contributed by atoms with van der Waals surface area (Å²) in [5.74, 6) is -1.25. The summed E-state index contributed by atoms with van der Waals surface area (Å²) in [6.07, 6.45) is -2.01. The number of halogens is 2. The van der Waals surface area contributed by atoms with Gasteiger partial charge in [0.05, 0.1) is 0 Å². The second-order valence-electron chi connectivity index (χ2n) is 4.40. The average Bonchev–Trinajstić information content (AvgIpc) is 2.47. The Kier molecular flexibility index (Phi) is 4.82. The molecule has 0 spiro atoms. The molecule has 0 bridgehead atoms. The van der Waals surface area contributed by atoms with Gasteiger partial charge >= 0.3 is 0 Å². The number of aliphatic hydroxyl groups is 1. The molecule has 2 aromatic carbocycles. The molecule has 0 aromatic heterocycles. The summed E-state index contributed by atoms with van der Waals surface area (Å²) in [4.78, 5) is 0. The zero-order chi connectivity index (χ0) is 14.5. The second kappa shape index (κ2) is 6.59. The van der Waals surface area contributed by atoms with Gasteiger partial charge in [-0.1, -0.05) is 30.3 Å². The highest BCUT2D eigenvalue weighted by atomic mass is 19.1. The molecule has 0 aliphatic heterocycles. The molecule has 0 amide bonds. The van der Waals surface area contributed by atoms with Crippen molar-refractivity contribution >= 4 is 0 Å². The van der Waals surface area contributed by atoms with Gasteiger partial charge in [0.1, 0.15) is 23.8 Å². The molecule has 0 fully saturated rings. The predicted molar refractivity (Wildman–Crippen MR) is 72.1 cm³/mol. The minimum atomic E-state index is -1.27. The molecule has 0 aliphatic rings. The molecule has 2 aromatic rings. The van der Waals surface area contributed by atoms with Crippen molar-refractivity contribution in [2.75, 3.05) is 6.61 Å². The number of aliphatic hydroxyl groups excluding tert-OH is 1. The first-order valence-corrected chi connectivity index (χ1v) is 6.43. The molecule has 20 heavy (non-hydrogen) atoms. The molecular formula is C16H16F2O2. The van der Waals surface area contributed by atoms with Crippen molar-refractivity contribution < 1.29 is 18.6 Å². The normalized spacial score (nSPS) is 14.0. The van der Waals surface area contributed by atoms with E-state index in [-0.39, 0.29) is 5.56 Å². The number of rotatable bonds is 5. The summed E-state index contributed by atoms with van der Waals surface area (Å²) in [5, 5.41) is 10.3. The molecule has 2 atom stereocenters. The van der Waals surface area contributed by atoms with E-state index in [2.05, 4.69) is 0 Å². The van der Waals surface area contributed by atoms with Crippen LogP contribution in [0.3, 0.4) is 0 Å². The van der Waals surface area contributed by atoms with Crippen molar-refractivity contribution in [1.29, 1.82) is 0 Å². The van der Waals surface area contributed by atoms with Crippen molar-refractivity contribution in [2.24, 2.45) is 0 Å². The molecule has 0 saturated carbocycles. The molecule has 4 heteroatoms. The van der Waals surface area contributed by atoms with E-state index in [4.69, 9.17) is 4.74 Å². The third kappa shape index (κ3) is 3.21. The molecular weight excluding hydrogens is 262 g/mol. The number of benzene rings is 2. The van der Waals surface area contributed by atoms with Crippen molar-refractivity contribution in [3.63, 3.8) is 0 Å². The standard InChI is InChI=1S/C16H16F2O2/c1-2-20-16(11-6-4-3-5-7-11)15(19)13-10-12(17)8-9-14(13)18/h3-10,15-16,19H,2H2,1H3.